The molecule has 0 spiro atoms. The van der Waals surface area contributed by atoms with Crippen molar-refractivity contribution in [3.63, 3.8) is 0 Å². The molecule has 2 rings (SSSR count). The maximum absolute atomic E-state index is 15.0. The predicted molar refractivity (Wildman–Crippen MR) is 261 cm³/mol. The van der Waals surface area contributed by atoms with Crippen molar-refractivity contribution >= 4 is 71.6 Å². The summed E-state index contributed by atoms with van der Waals surface area (Å²) in [6.07, 6.45) is -36.9. The minimum Gasteiger partial charge on any atom is -0.481 e. The summed E-state index contributed by atoms with van der Waals surface area (Å²) >= 11 is 0. The molecule has 0 aromatic heterocycles. The Morgan fingerprint density at radius 1 is 0.400 bits per heavy atom. The molecule has 46 heteroatoms. The quantitative estimate of drug-likeness (QED) is 0.0416. The molecule has 544 valence electrons. The van der Waals surface area contributed by atoms with Gasteiger partial charge < -0.3 is 82.6 Å². The molecule has 0 aromatic carbocycles. The number of carbonyl (C=O) groups excluding carboxylic acids is 11. The number of hydrogen-bond acceptors (Lipinski definition) is 25. The lowest BCUT2D eigenvalue weighted by molar-refractivity contribution is -0.461. The number of carboxylic acids is 1. The smallest absolute Gasteiger partial charge is 0.460 e. The van der Waals surface area contributed by atoms with Gasteiger partial charge in [0.15, 0.2) is 49.2 Å². The van der Waals surface area contributed by atoms with Crippen LogP contribution in [0.15, 0.2) is 0 Å². The molecule has 0 aromatic rings. The summed E-state index contributed by atoms with van der Waals surface area (Å²) in [4.78, 5) is 150. The number of nitrogens with one attached hydrogen (secondary N) is 3. The number of halogens is 17. The molecule has 2 saturated heterocycles. The first-order valence-electron chi connectivity index (χ1n) is 26.4. The van der Waals surface area contributed by atoms with E-state index in [9.17, 15) is 123 Å². The molecule has 2 fully saturated rings. The van der Waals surface area contributed by atoms with E-state index in [4.69, 9.17) is 66.7 Å². The standard InChI is InChI=1S/C49H58F17N3O26/c1-19(70)83-14-27-32(88-21(3)72)34(90-23(5)74)36(92-25(7)76)38(94-27)85-16-41(69-30(79)13-68-29(78)9-10-31(80)81,17-86-39-37(93-26(8)77)35(91-24(6)75)33(89-22(4)73)28(95-39)15-84-20(2)71)18-87-40(82)67-12-11-42(50,51)43(52,53)44(54,55)45(56,57)46(58,59)47(60,61)48(62,63)49(64,65)66/h27-28,32-39H,9-18H2,1-8H3,(H,67,82)(H,68,78)(H,69,79)(H,80,81)/t27-,28-,32+,33+,34+,35+,36-,37-,38-,39-/m1/s1. The van der Waals surface area contributed by atoms with E-state index in [0.29, 0.717) is 13.8 Å². The molecule has 0 aliphatic carbocycles. The van der Waals surface area contributed by atoms with Crippen LogP contribution in [-0.4, -0.2) is 237 Å². The van der Waals surface area contributed by atoms with Crippen LogP contribution in [-0.2, 0) is 114 Å². The van der Waals surface area contributed by atoms with Crippen molar-refractivity contribution in [2.75, 3.05) is 46.1 Å². The minimum atomic E-state index is -8.98. The predicted octanol–water partition coefficient (Wildman–Crippen LogP) is 3.15. The zero-order chi connectivity index (χ0) is 73.6. The lowest BCUT2D eigenvalue weighted by Gasteiger charge is -2.46. The Morgan fingerprint density at radius 2 is 0.747 bits per heavy atom. The average Bonchev–Trinajstić information content (AvgIpc) is 0.697. The van der Waals surface area contributed by atoms with Gasteiger partial charge in [0.1, 0.15) is 37.6 Å². The van der Waals surface area contributed by atoms with Gasteiger partial charge in [-0.15, -0.1) is 0 Å². The monoisotopic (exact) mass is 1430 g/mol. The van der Waals surface area contributed by atoms with Gasteiger partial charge in [-0.25, -0.2) is 4.79 Å². The van der Waals surface area contributed by atoms with Crippen molar-refractivity contribution in [1.29, 1.82) is 0 Å². The number of aliphatic carboxylic acids is 1. The first-order valence-corrected chi connectivity index (χ1v) is 26.4. The van der Waals surface area contributed by atoms with Gasteiger partial charge in [-0.05, 0) is 0 Å². The van der Waals surface area contributed by atoms with Crippen molar-refractivity contribution in [3.8, 4) is 0 Å². The molecule has 95 heavy (non-hydrogen) atoms. The van der Waals surface area contributed by atoms with Crippen LogP contribution in [0.4, 0.5) is 79.4 Å². The van der Waals surface area contributed by atoms with E-state index >= 15 is 8.78 Å². The molecular formula is C49H58F17N3O26. The number of hydrogen-bond donors (Lipinski definition) is 4. The number of amides is 3. The van der Waals surface area contributed by atoms with E-state index in [1.807, 2.05) is 10.6 Å². The summed E-state index contributed by atoms with van der Waals surface area (Å²) in [7, 11) is 0. The molecule has 29 nitrogen and oxygen atoms in total. The Morgan fingerprint density at radius 3 is 1.09 bits per heavy atom. The highest BCUT2D eigenvalue weighted by Gasteiger charge is 2.95. The Balaban J connectivity index is 3.02. The molecule has 2 aliphatic heterocycles. The van der Waals surface area contributed by atoms with Crippen molar-refractivity contribution in [1.82, 2.24) is 16.0 Å². The topological polar surface area (TPSA) is 381 Å². The molecule has 3 amide bonds. The van der Waals surface area contributed by atoms with Crippen LogP contribution in [0.3, 0.4) is 0 Å². The van der Waals surface area contributed by atoms with Gasteiger partial charge in [0.25, 0.3) is 0 Å². The van der Waals surface area contributed by atoms with Crippen LogP contribution in [0.25, 0.3) is 0 Å². The van der Waals surface area contributed by atoms with E-state index in [-0.39, 0.29) is 0 Å². The minimum absolute atomic E-state index is 0.695. The Kier molecular flexibility index (Phi) is 28.6. The van der Waals surface area contributed by atoms with Gasteiger partial charge >= 0.3 is 107 Å². The van der Waals surface area contributed by atoms with E-state index in [0.717, 1.165) is 46.9 Å². The fourth-order valence-corrected chi connectivity index (χ4v) is 8.12. The number of rotatable bonds is 33. The van der Waals surface area contributed by atoms with Gasteiger partial charge in [0.05, 0.1) is 26.2 Å². The molecule has 0 unspecified atom stereocenters. The van der Waals surface area contributed by atoms with Crippen LogP contribution < -0.4 is 16.0 Å². The summed E-state index contributed by atoms with van der Waals surface area (Å²) in [5.41, 5.74) is -3.08. The maximum atomic E-state index is 15.0. The van der Waals surface area contributed by atoms with Crippen LogP contribution in [0.5, 0.6) is 0 Å². The first-order chi connectivity index (χ1) is 43.1. The fourth-order valence-electron chi connectivity index (χ4n) is 8.12. The van der Waals surface area contributed by atoms with E-state index in [2.05, 4.69) is 0 Å². The van der Waals surface area contributed by atoms with E-state index in [1.165, 1.54) is 0 Å². The molecule has 10 atom stereocenters. The van der Waals surface area contributed by atoms with Crippen molar-refractivity contribution < 1.29 is 199 Å². The Hall–Kier alpha value is -7.91. The summed E-state index contributed by atoms with van der Waals surface area (Å²) in [5, 5.41) is 14.1. The zero-order valence-electron chi connectivity index (χ0n) is 49.9. The largest absolute Gasteiger partial charge is 0.481 e. The zero-order valence-corrected chi connectivity index (χ0v) is 49.9. The van der Waals surface area contributed by atoms with Gasteiger partial charge in [-0.2, -0.15) is 74.6 Å². The number of carboxylic acid groups (broad SMARTS) is 1. The highest BCUT2D eigenvalue weighted by atomic mass is 19.4. The summed E-state index contributed by atoms with van der Waals surface area (Å²) in [6, 6.07) is 0. The molecule has 0 radical (unpaired) electrons. The van der Waals surface area contributed by atoms with Crippen LogP contribution >= 0.6 is 0 Å². The third-order valence-electron chi connectivity index (χ3n) is 12.3. The number of ether oxygens (including phenoxy) is 13. The maximum Gasteiger partial charge on any atom is 0.460 e. The van der Waals surface area contributed by atoms with Gasteiger partial charge in [0, 0.05) is 74.8 Å². The van der Waals surface area contributed by atoms with Crippen molar-refractivity contribution in [3.05, 3.63) is 0 Å². The van der Waals surface area contributed by atoms with E-state index in [1.54, 1.807) is 0 Å². The number of alkyl halides is 17. The van der Waals surface area contributed by atoms with Crippen LogP contribution in [0, 0.1) is 0 Å². The number of alkyl carbamates (subject to hydrolysis) is 1. The third kappa shape index (κ3) is 21.3. The molecule has 2 heterocycles. The molecule has 0 saturated carbocycles. The Bertz CT molecular complexity index is 2700. The summed E-state index contributed by atoms with van der Waals surface area (Å²) < 4.78 is 308. The normalized spacial score (nSPS) is 22.8. The van der Waals surface area contributed by atoms with Crippen LogP contribution in [0.2, 0.25) is 0 Å². The second-order valence-corrected chi connectivity index (χ2v) is 20.2. The molecule has 0 bridgehead atoms. The summed E-state index contributed by atoms with van der Waals surface area (Å²) in [6.45, 7) is -4.77. The van der Waals surface area contributed by atoms with Crippen molar-refractivity contribution in [2.45, 2.75) is 189 Å². The van der Waals surface area contributed by atoms with Gasteiger partial charge in [0.2, 0.25) is 11.8 Å². The van der Waals surface area contributed by atoms with E-state index < -0.39 is 252 Å². The SMILES string of the molecule is CC(=O)OC[C@H]1O[C@@H](OCC(COC(=O)NCCC(F)(F)C(F)(F)C(F)(F)C(F)(F)C(F)(F)C(F)(F)C(F)(F)C(F)(F)F)(CO[C@@H]2O[C@H](COC(C)=O)[C@H](OC(C)=O)[C@H](OC(C)=O)[C@H]2OC(C)=O)NC(=O)CNC(=O)CCC(=O)O)[C@H](OC(C)=O)[C@@H](OC(C)=O)[C@H]1OC(C)=O. The Labute approximate surface area is 521 Å². The fraction of sp³-hybridized carbons (Fsp3) is 0.755. The third-order valence-corrected chi connectivity index (χ3v) is 12.3. The summed E-state index contributed by atoms with van der Waals surface area (Å²) in [5.74, 6) is -73.5. The second kappa shape index (κ2) is 32.7. The molecule has 4 N–H and O–H groups in total. The molecule has 2 aliphatic rings. The average molecular weight is 1430 g/mol. The number of esters is 8. The van der Waals surface area contributed by atoms with Crippen molar-refractivity contribution in [2.24, 2.45) is 0 Å². The first kappa shape index (κ1) is 83.2. The molecular weight excluding hydrogens is 1370 g/mol. The second-order valence-electron chi connectivity index (χ2n) is 20.2. The lowest BCUT2D eigenvalue weighted by Crippen LogP contribution is -2.74. The highest BCUT2D eigenvalue weighted by molar-refractivity contribution is 5.86. The van der Waals surface area contributed by atoms with Gasteiger partial charge in [-0.3, -0.25) is 52.7 Å². The van der Waals surface area contributed by atoms with Crippen LogP contribution in [0.1, 0.15) is 74.7 Å². The van der Waals surface area contributed by atoms with Gasteiger partial charge in [-0.1, -0.05) is 0 Å². The lowest BCUT2D eigenvalue weighted by atomic mass is 9.88. The number of carbonyl (C=O) groups is 12. The highest BCUT2D eigenvalue weighted by Crippen LogP contribution is 2.64.